The molecule has 1 spiro atoms. The van der Waals surface area contributed by atoms with Crippen LogP contribution in [0.4, 0.5) is 17.1 Å². The zero-order chi connectivity index (χ0) is 43.8. The molecule has 2 aromatic heterocycles. The van der Waals surface area contributed by atoms with Crippen molar-refractivity contribution in [1.82, 2.24) is 4.57 Å². The lowest BCUT2D eigenvalue weighted by molar-refractivity contribution is 0.435. The Hall–Kier alpha value is -8.44. The van der Waals surface area contributed by atoms with E-state index in [4.69, 9.17) is 4.74 Å². The van der Waals surface area contributed by atoms with Crippen molar-refractivity contribution in [3.05, 3.63) is 253 Å². The first-order chi connectivity index (χ1) is 33.2. The van der Waals surface area contributed by atoms with Crippen molar-refractivity contribution in [2.45, 2.75) is 5.41 Å². The lowest BCUT2D eigenvalue weighted by Gasteiger charge is -2.45. The number of nitrogens with zero attached hydrogens (tertiary/aromatic N) is 2. The molecule has 1 atom stereocenters. The Balaban J connectivity index is 1.02. The standard InChI is InChI=1S/C63H38N2OS/c1-2-18-44-39(14-1)15-13-27-55(44)64(42-30-33-47-46-20-4-8-26-56(46)65(57(47)37-42)43-31-34-49-48-21-5-10-29-60(48)67-61(49)38-43)41-32-35-59-54(36-41)63(52-24-7-9-28-58(52)66-59)51-23-6-3-19-45(51)50-22-11-16-40-17-12-25-53(63)62(40)50/h1-38H. The van der Waals surface area contributed by atoms with Crippen molar-refractivity contribution in [1.29, 1.82) is 0 Å². The van der Waals surface area contributed by atoms with Gasteiger partial charge in [0.2, 0.25) is 0 Å². The zero-order valence-corrected chi connectivity index (χ0v) is 37.0. The van der Waals surface area contributed by atoms with Crippen LogP contribution in [0.25, 0.3) is 80.3 Å². The van der Waals surface area contributed by atoms with Crippen molar-refractivity contribution < 1.29 is 4.74 Å². The van der Waals surface area contributed by atoms with Crippen molar-refractivity contribution in [2.75, 3.05) is 4.90 Å². The lowest BCUT2D eigenvalue weighted by atomic mass is 9.58. The number of aromatic nitrogens is 1. The molecule has 3 nitrogen and oxygen atoms in total. The van der Waals surface area contributed by atoms with Gasteiger partial charge in [-0.15, -0.1) is 11.3 Å². The van der Waals surface area contributed by atoms with Gasteiger partial charge in [-0.05, 0) is 105 Å². The van der Waals surface area contributed by atoms with E-state index in [1.165, 1.54) is 80.3 Å². The molecule has 15 rings (SSSR count). The van der Waals surface area contributed by atoms with Crippen molar-refractivity contribution in [2.24, 2.45) is 0 Å². The van der Waals surface area contributed by atoms with Crippen LogP contribution in [0.2, 0.25) is 0 Å². The second-order valence-electron chi connectivity index (χ2n) is 17.9. The van der Waals surface area contributed by atoms with Gasteiger partial charge in [0.25, 0.3) is 0 Å². The highest BCUT2D eigenvalue weighted by molar-refractivity contribution is 7.25. The summed E-state index contributed by atoms with van der Waals surface area (Å²) < 4.78 is 12.1. The number of thiophene rings is 1. The molecular weight excluding hydrogens is 833 g/mol. The van der Waals surface area contributed by atoms with Crippen LogP contribution in [-0.2, 0) is 5.41 Å². The second-order valence-corrected chi connectivity index (χ2v) is 19.0. The van der Waals surface area contributed by atoms with Crippen LogP contribution in [0, 0.1) is 0 Å². The molecular formula is C63H38N2OS. The van der Waals surface area contributed by atoms with E-state index in [2.05, 4.69) is 240 Å². The van der Waals surface area contributed by atoms with Crippen molar-refractivity contribution >= 4 is 91.9 Å². The van der Waals surface area contributed by atoms with Crippen LogP contribution in [0.15, 0.2) is 231 Å². The van der Waals surface area contributed by atoms with Crippen LogP contribution in [0.3, 0.4) is 0 Å². The summed E-state index contributed by atoms with van der Waals surface area (Å²) in [5, 5.41) is 9.94. The van der Waals surface area contributed by atoms with E-state index < -0.39 is 5.41 Å². The minimum absolute atomic E-state index is 0.670. The number of rotatable bonds is 4. The number of fused-ring (bicyclic) bond motifs is 15. The maximum absolute atomic E-state index is 7.01. The maximum atomic E-state index is 7.01. The lowest BCUT2D eigenvalue weighted by Crippen LogP contribution is -2.36. The molecule has 1 aliphatic heterocycles. The molecule has 3 heterocycles. The highest BCUT2D eigenvalue weighted by Crippen LogP contribution is 2.62. The molecule has 11 aromatic carbocycles. The topological polar surface area (TPSA) is 17.4 Å². The van der Waals surface area contributed by atoms with Gasteiger partial charge >= 0.3 is 0 Å². The molecule has 2 aliphatic rings. The summed E-state index contributed by atoms with van der Waals surface area (Å²) in [6.45, 7) is 0. The predicted octanol–water partition coefficient (Wildman–Crippen LogP) is 17.4. The average molecular weight is 871 g/mol. The minimum atomic E-state index is -0.670. The third-order valence-corrected chi connectivity index (χ3v) is 15.7. The molecule has 0 N–H and O–H groups in total. The number of hydrogen-bond acceptors (Lipinski definition) is 3. The largest absolute Gasteiger partial charge is 0.457 e. The molecule has 1 aliphatic carbocycles. The number of anilines is 3. The quantitative estimate of drug-likeness (QED) is 0.175. The van der Waals surface area contributed by atoms with Crippen molar-refractivity contribution in [3.8, 4) is 28.3 Å². The minimum Gasteiger partial charge on any atom is -0.457 e. The van der Waals surface area contributed by atoms with E-state index >= 15 is 0 Å². The van der Waals surface area contributed by atoms with Gasteiger partial charge in [-0.25, -0.2) is 0 Å². The van der Waals surface area contributed by atoms with Gasteiger partial charge in [0.15, 0.2) is 0 Å². The van der Waals surface area contributed by atoms with E-state index in [-0.39, 0.29) is 0 Å². The van der Waals surface area contributed by atoms with Gasteiger partial charge in [0.1, 0.15) is 11.5 Å². The molecule has 0 saturated carbocycles. The summed E-state index contributed by atoms with van der Waals surface area (Å²) in [6.07, 6.45) is 0. The third-order valence-electron chi connectivity index (χ3n) is 14.6. The van der Waals surface area contributed by atoms with Gasteiger partial charge in [-0.3, -0.25) is 0 Å². The number of hydrogen-bond donors (Lipinski definition) is 0. The summed E-state index contributed by atoms with van der Waals surface area (Å²) in [6, 6.07) is 85.2. The van der Waals surface area contributed by atoms with E-state index in [9.17, 15) is 0 Å². The Bertz CT molecular complexity index is 4220. The van der Waals surface area contributed by atoms with E-state index in [1.54, 1.807) is 0 Å². The van der Waals surface area contributed by atoms with Crippen LogP contribution in [0.1, 0.15) is 22.3 Å². The number of benzene rings is 11. The molecule has 0 fully saturated rings. The molecule has 0 radical (unpaired) electrons. The summed E-state index contributed by atoms with van der Waals surface area (Å²) in [5.41, 5.74) is 13.4. The van der Waals surface area contributed by atoms with Crippen LogP contribution in [-0.4, -0.2) is 4.57 Å². The Morgan fingerprint density at radius 3 is 1.96 bits per heavy atom. The van der Waals surface area contributed by atoms with Gasteiger partial charge in [0.05, 0.1) is 22.1 Å². The SMILES string of the molecule is c1ccc2c(c1)Oc1ccc(N(c3ccc4c5ccccc5n(-c5ccc6c(c5)sc5ccccc56)c4c3)c3cccc4ccccc34)cc1C21c2ccccc2-c2cccc3cccc1c23. The zero-order valence-electron chi connectivity index (χ0n) is 36.2. The first-order valence-corrected chi connectivity index (χ1v) is 23.8. The highest BCUT2D eigenvalue weighted by Gasteiger charge is 2.49. The van der Waals surface area contributed by atoms with E-state index in [0.29, 0.717) is 0 Å². The second kappa shape index (κ2) is 13.8. The Kier molecular flexibility index (Phi) is 7.58. The summed E-state index contributed by atoms with van der Waals surface area (Å²) in [5.74, 6) is 1.74. The van der Waals surface area contributed by atoms with Crippen LogP contribution in [0.5, 0.6) is 11.5 Å². The molecule has 0 amide bonds. The normalized spacial score (nSPS) is 14.7. The summed E-state index contributed by atoms with van der Waals surface area (Å²) in [4.78, 5) is 2.47. The van der Waals surface area contributed by atoms with E-state index in [1.807, 2.05) is 11.3 Å². The highest BCUT2D eigenvalue weighted by atomic mass is 32.1. The monoisotopic (exact) mass is 870 g/mol. The Labute approximate surface area is 390 Å². The Morgan fingerprint density at radius 1 is 0.388 bits per heavy atom. The van der Waals surface area contributed by atoms with Gasteiger partial charge in [-0.2, -0.15) is 0 Å². The van der Waals surface area contributed by atoms with Gasteiger partial charge in [-0.1, -0.05) is 164 Å². The Morgan fingerprint density at radius 2 is 1.01 bits per heavy atom. The molecule has 312 valence electrons. The maximum Gasteiger partial charge on any atom is 0.132 e. The molecule has 67 heavy (non-hydrogen) atoms. The number of para-hydroxylation sites is 2. The molecule has 1 unspecified atom stereocenters. The van der Waals surface area contributed by atoms with Gasteiger partial charge < -0.3 is 14.2 Å². The number of ether oxygens (including phenoxy) is 1. The molecule has 0 saturated heterocycles. The fraction of sp³-hybridized carbons (Fsp3) is 0.0159. The molecule has 13 aromatic rings. The summed E-state index contributed by atoms with van der Waals surface area (Å²) >= 11 is 1.86. The fourth-order valence-corrected chi connectivity index (χ4v) is 13.0. The molecule has 4 heteroatoms. The smallest absolute Gasteiger partial charge is 0.132 e. The van der Waals surface area contributed by atoms with Crippen molar-refractivity contribution in [3.63, 3.8) is 0 Å². The van der Waals surface area contributed by atoms with Crippen LogP contribution >= 0.6 is 11.3 Å². The predicted molar refractivity (Wildman–Crippen MR) is 281 cm³/mol. The first kappa shape index (κ1) is 36.9. The first-order valence-electron chi connectivity index (χ1n) is 23.0. The van der Waals surface area contributed by atoms with E-state index in [0.717, 1.165) is 50.9 Å². The molecule has 0 bridgehead atoms. The van der Waals surface area contributed by atoms with Crippen LogP contribution < -0.4 is 9.64 Å². The third kappa shape index (κ3) is 5.05. The summed E-state index contributed by atoms with van der Waals surface area (Å²) in [7, 11) is 0. The average Bonchev–Trinajstić information content (AvgIpc) is 3.93. The van der Waals surface area contributed by atoms with Gasteiger partial charge in [0, 0.05) is 64.5 Å². The fourth-order valence-electron chi connectivity index (χ4n) is 11.9.